The molecule has 0 saturated heterocycles. The second-order valence-electron chi connectivity index (χ2n) is 7.23. The van der Waals surface area contributed by atoms with E-state index in [-0.39, 0.29) is 16.6 Å². The Bertz CT molecular complexity index is 1130. The third-order valence-corrected chi connectivity index (χ3v) is 7.41. The first-order valence-electron chi connectivity index (χ1n) is 9.52. The molecular formula is C22H26N2O3S2. The molecule has 1 unspecified atom stereocenters. The van der Waals surface area contributed by atoms with Gasteiger partial charge in [0.25, 0.3) is 5.56 Å². The second kappa shape index (κ2) is 8.81. The molecule has 29 heavy (non-hydrogen) atoms. The number of carbonyl (C=O) groups is 1. The van der Waals surface area contributed by atoms with E-state index in [2.05, 4.69) is 0 Å². The number of rotatable bonds is 7. The molecule has 0 aliphatic rings. The summed E-state index contributed by atoms with van der Waals surface area (Å²) in [5.41, 5.74) is 3.84. The third kappa shape index (κ3) is 4.32. The van der Waals surface area contributed by atoms with Gasteiger partial charge in [-0.25, -0.2) is 4.98 Å². The van der Waals surface area contributed by atoms with Gasteiger partial charge in [-0.2, -0.15) is 0 Å². The number of aryl methyl sites for hydroxylation is 4. The maximum atomic E-state index is 13.2. The maximum absolute atomic E-state index is 13.2. The lowest BCUT2D eigenvalue weighted by Crippen LogP contribution is -2.26. The quantitative estimate of drug-likeness (QED) is 0.309. The first-order valence-corrected chi connectivity index (χ1v) is 11.2. The molecule has 1 atom stereocenters. The topological polar surface area (TPSA) is 61.2 Å². The van der Waals surface area contributed by atoms with Crippen LogP contribution < -0.4 is 5.56 Å². The molecule has 5 nitrogen and oxygen atoms in total. The van der Waals surface area contributed by atoms with Crippen molar-refractivity contribution in [3.05, 3.63) is 55.7 Å². The minimum Gasteiger partial charge on any atom is -0.383 e. The molecule has 2 aromatic heterocycles. The molecule has 0 radical (unpaired) electrons. The first kappa shape index (κ1) is 21.7. The predicted octanol–water partition coefficient (Wildman–Crippen LogP) is 4.70. The molecule has 1 aromatic carbocycles. The zero-order chi connectivity index (χ0) is 21.3. The summed E-state index contributed by atoms with van der Waals surface area (Å²) in [5.74, 6) is 0.0317. The molecule has 0 N–H and O–H groups in total. The van der Waals surface area contributed by atoms with Crippen LogP contribution >= 0.6 is 23.1 Å². The smallest absolute Gasteiger partial charge is 0.263 e. The van der Waals surface area contributed by atoms with Gasteiger partial charge >= 0.3 is 0 Å². The summed E-state index contributed by atoms with van der Waals surface area (Å²) < 4.78 is 6.83. The molecular weight excluding hydrogens is 404 g/mol. The van der Waals surface area contributed by atoms with E-state index in [1.54, 1.807) is 11.7 Å². The second-order valence-corrected chi connectivity index (χ2v) is 9.74. The minimum absolute atomic E-state index is 0.0317. The van der Waals surface area contributed by atoms with Gasteiger partial charge in [-0.1, -0.05) is 23.9 Å². The summed E-state index contributed by atoms with van der Waals surface area (Å²) in [6.45, 7) is 10.7. The largest absolute Gasteiger partial charge is 0.383 e. The van der Waals surface area contributed by atoms with Crippen LogP contribution in [0.5, 0.6) is 0 Å². The van der Waals surface area contributed by atoms with Crippen LogP contribution in [0.15, 0.2) is 28.2 Å². The number of carbonyl (C=O) groups excluding carboxylic acids is 1. The maximum Gasteiger partial charge on any atom is 0.263 e. The van der Waals surface area contributed by atoms with E-state index in [9.17, 15) is 9.59 Å². The molecule has 0 aliphatic carbocycles. The van der Waals surface area contributed by atoms with Crippen LogP contribution in [0.3, 0.4) is 0 Å². The van der Waals surface area contributed by atoms with E-state index in [4.69, 9.17) is 9.72 Å². The predicted molar refractivity (Wildman–Crippen MR) is 121 cm³/mol. The van der Waals surface area contributed by atoms with E-state index in [1.165, 1.54) is 23.1 Å². The van der Waals surface area contributed by atoms with Crippen LogP contribution in [0.1, 0.15) is 38.8 Å². The lowest BCUT2D eigenvalue weighted by Gasteiger charge is -2.15. The van der Waals surface area contributed by atoms with Gasteiger partial charge in [-0.05, 0) is 57.4 Å². The van der Waals surface area contributed by atoms with Crippen LogP contribution in [0.25, 0.3) is 10.2 Å². The van der Waals surface area contributed by atoms with Gasteiger partial charge in [0.2, 0.25) is 0 Å². The van der Waals surface area contributed by atoms with Crippen LogP contribution in [0.4, 0.5) is 0 Å². The number of hydrogen-bond donors (Lipinski definition) is 0. The van der Waals surface area contributed by atoms with Crippen molar-refractivity contribution < 1.29 is 9.53 Å². The van der Waals surface area contributed by atoms with Gasteiger partial charge < -0.3 is 4.74 Å². The number of aromatic nitrogens is 2. The molecule has 2 heterocycles. The van der Waals surface area contributed by atoms with Crippen LogP contribution in [0, 0.1) is 27.7 Å². The fourth-order valence-electron chi connectivity index (χ4n) is 3.12. The van der Waals surface area contributed by atoms with E-state index in [1.807, 2.05) is 52.8 Å². The highest BCUT2D eigenvalue weighted by atomic mass is 32.2. The fourth-order valence-corrected chi connectivity index (χ4v) is 5.20. The van der Waals surface area contributed by atoms with E-state index in [0.717, 1.165) is 26.4 Å². The van der Waals surface area contributed by atoms with Crippen molar-refractivity contribution in [2.75, 3.05) is 13.7 Å². The highest BCUT2D eigenvalue weighted by molar-refractivity contribution is 8.00. The number of ketones is 1. The molecule has 154 valence electrons. The average Bonchev–Trinajstić information content (AvgIpc) is 2.97. The molecule has 0 spiro atoms. The van der Waals surface area contributed by atoms with Gasteiger partial charge in [0.1, 0.15) is 4.83 Å². The first-order chi connectivity index (χ1) is 13.7. The van der Waals surface area contributed by atoms with Crippen molar-refractivity contribution >= 4 is 39.1 Å². The number of hydrogen-bond acceptors (Lipinski definition) is 6. The number of fused-ring (bicyclic) bond motifs is 1. The lowest BCUT2D eigenvalue weighted by molar-refractivity contribution is 0.0993. The summed E-state index contributed by atoms with van der Waals surface area (Å²) >= 11 is 2.85. The molecule has 0 bridgehead atoms. The van der Waals surface area contributed by atoms with Gasteiger partial charge in [-0.15, -0.1) is 11.3 Å². The van der Waals surface area contributed by atoms with Crippen LogP contribution in [-0.2, 0) is 11.3 Å². The van der Waals surface area contributed by atoms with E-state index in [0.29, 0.717) is 29.3 Å². The van der Waals surface area contributed by atoms with Crippen LogP contribution in [0.2, 0.25) is 0 Å². The molecule has 7 heteroatoms. The fraction of sp³-hybridized carbons (Fsp3) is 0.409. The Morgan fingerprint density at radius 3 is 2.62 bits per heavy atom. The van der Waals surface area contributed by atoms with E-state index >= 15 is 0 Å². The number of nitrogens with zero attached hydrogens (tertiary/aromatic N) is 2. The van der Waals surface area contributed by atoms with Crippen LogP contribution in [-0.4, -0.2) is 34.3 Å². The highest BCUT2D eigenvalue weighted by Crippen LogP contribution is 2.30. The Balaban J connectivity index is 2.00. The Labute approximate surface area is 179 Å². The summed E-state index contributed by atoms with van der Waals surface area (Å²) in [4.78, 5) is 32.7. The Morgan fingerprint density at radius 1 is 1.24 bits per heavy atom. The van der Waals surface area contributed by atoms with Gasteiger partial charge in [0, 0.05) is 17.6 Å². The molecule has 3 rings (SSSR count). The number of thiophene rings is 1. The average molecular weight is 431 g/mol. The molecule has 0 fully saturated rings. The minimum atomic E-state index is -0.364. The number of methoxy groups -OCH3 is 1. The van der Waals surface area contributed by atoms with Gasteiger partial charge in [0.05, 0.1) is 23.8 Å². The number of benzene rings is 1. The normalized spacial score (nSPS) is 12.5. The Kier molecular flexibility index (Phi) is 6.61. The van der Waals surface area contributed by atoms with Crippen molar-refractivity contribution in [2.24, 2.45) is 0 Å². The summed E-state index contributed by atoms with van der Waals surface area (Å²) in [6, 6.07) is 5.76. The van der Waals surface area contributed by atoms with Crippen molar-refractivity contribution in [3.8, 4) is 0 Å². The van der Waals surface area contributed by atoms with Crippen molar-refractivity contribution in [1.82, 2.24) is 9.55 Å². The standard InChI is InChI=1S/C22H26N2O3S2/c1-12-7-8-17(11-13(12)2)19(25)16(5)29-22-23-20-18(14(3)15(4)28-20)21(26)24(22)9-10-27-6/h7-8,11,16H,9-10H2,1-6H3. The molecule has 3 aromatic rings. The molecule has 0 aliphatic heterocycles. The zero-order valence-corrected chi connectivity index (χ0v) is 19.3. The summed E-state index contributed by atoms with van der Waals surface area (Å²) in [5, 5.41) is 0.865. The van der Waals surface area contributed by atoms with E-state index < -0.39 is 0 Å². The monoisotopic (exact) mass is 430 g/mol. The SMILES string of the molecule is COCCn1c(SC(C)C(=O)c2ccc(C)c(C)c2)nc2sc(C)c(C)c2c1=O. The molecule has 0 amide bonds. The highest BCUT2D eigenvalue weighted by Gasteiger charge is 2.22. The summed E-state index contributed by atoms with van der Waals surface area (Å²) in [7, 11) is 1.61. The zero-order valence-electron chi connectivity index (χ0n) is 17.7. The lowest BCUT2D eigenvalue weighted by atomic mass is 10.0. The van der Waals surface area contributed by atoms with Gasteiger partial charge in [0.15, 0.2) is 10.9 Å². The Hall–Kier alpha value is -1.96. The third-order valence-electron chi connectivity index (χ3n) is 5.22. The number of thioether (sulfide) groups is 1. The van der Waals surface area contributed by atoms with Crippen molar-refractivity contribution in [3.63, 3.8) is 0 Å². The Morgan fingerprint density at radius 2 is 1.97 bits per heavy atom. The summed E-state index contributed by atoms with van der Waals surface area (Å²) in [6.07, 6.45) is 0. The number of ether oxygens (including phenoxy) is 1. The van der Waals surface area contributed by atoms with Gasteiger partial charge in [-0.3, -0.25) is 14.2 Å². The van der Waals surface area contributed by atoms with Crippen molar-refractivity contribution in [2.45, 2.75) is 51.6 Å². The number of Topliss-reactive ketones (excluding diaryl/α,β-unsaturated/α-hetero) is 1. The van der Waals surface area contributed by atoms with Crippen molar-refractivity contribution in [1.29, 1.82) is 0 Å². The molecule has 0 saturated carbocycles.